The monoisotopic (exact) mass is 335 g/mol. The van der Waals surface area contributed by atoms with Gasteiger partial charge in [-0.1, -0.05) is 30.3 Å². The van der Waals surface area contributed by atoms with Crippen molar-refractivity contribution in [3.63, 3.8) is 0 Å². The molecule has 23 heavy (non-hydrogen) atoms. The van der Waals surface area contributed by atoms with Gasteiger partial charge in [0.25, 0.3) is 5.91 Å². The molecule has 0 saturated carbocycles. The Hall–Kier alpha value is -2.54. The number of nitrogens with one attached hydrogen (secondary N) is 1. The predicted molar refractivity (Wildman–Crippen MR) is 86.1 cm³/mol. The van der Waals surface area contributed by atoms with Crippen LogP contribution >= 0.6 is 0 Å². The van der Waals surface area contributed by atoms with Gasteiger partial charge in [-0.3, -0.25) is 4.79 Å². The molecule has 122 valence electrons. The second kappa shape index (κ2) is 7.15. The molecular weight excluding hydrogens is 318 g/mol. The number of carbonyl (C=O) groups excluding carboxylic acids is 1. The largest absolute Gasteiger partial charge is 0.497 e. The van der Waals surface area contributed by atoms with Crippen molar-refractivity contribution in [2.45, 2.75) is 5.75 Å². The van der Waals surface area contributed by atoms with E-state index in [0.717, 1.165) is 0 Å². The van der Waals surface area contributed by atoms with Crippen LogP contribution in [-0.4, -0.2) is 28.5 Å². The quantitative estimate of drug-likeness (QED) is 0.873. The minimum absolute atomic E-state index is 0.116. The second-order valence-corrected chi connectivity index (χ2v) is 6.46. The maximum Gasteiger partial charge on any atom is 0.268 e. The molecule has 0 radical (unpaired) electrons. The summed E-state index contributed by atoms with van der Waals surface area (Å²) in [6.07, 6.45) is 0. The van der Waals surface area contributed by atoms with Crippen LogP contribution in [0.4, 0.5) is 0 Å². The van der Waals surface area contributed by atoms with Crippen molar-refractivity contribution in [3.05, 3.63) is 59.7 Å². The molecule has 6 nitrogen and oxygen atoms in total. The number of hydrogen-bond donors (Lipinski definition) is 1. The maximum atomic E-state index is 12.2. The molecule has 0 saturated heterocycles. The Morgan fingerprint density at radius 1 is 1.04 bits per heavy atom. The van der Waals surface area contributed by atoms with Crippen LogP contribution in [0, 0.1) is 0 Å². The molecule has 2 aromatic carbocycles. The molecule has 0 aliphatic carbocycles. The Bertz CT molecular complexity index is 787. The number of rotatable bonds is 6. The topological polar surface area (TPSA) is 81.7 Å². The SMILES string of the molecule is COc1ccc(C(=O)NS(=O)(=O)Cc2ccccc2)c(OC)c1. The van der Waals surface area contributed by atoms with Crippen LogP contribution in [0.25, 0.3) is 0 Å². The standard InChI is InChI=1S/C16H17NO5S/c1-21-13-8-9-14(15(10-13)22-2)16(18)17-23(19,20)11-12-6-4-3-5-7-12/h3-10H,11H2,1-2H3,(H,17,18). The summed E-state index contributed by atoms with van der Waals surface area (Å²) >= 11 is 0. The van der Waals surface area contributed by atoms with Crippen LogP contribution in [0.2, 0.25) is 0 Å². The number of ether oxygens (including phenoxy) is 2. The molecule has 1 N–H and O–H groups in total. The Kier molecular flexibility index (Phi) is 5.23. The summed E-state index contributed by atoms with van der Waals surface area (Å²) in [6.45, 7) is 0. The average molecular weight is 335 g/mol. The molecule has 0 fully saturated rings. The molecular formula is C16H17NO5S. The predicted octanol–water partition coefficient (Wildman–Crippen LogP) is 1.96. The summed E-state index contributed by atoms with van der Waals surface area (Å²) in [5.74, 6) is -0.291. The first kappa shape index (κ1) is 16.8. The highest BCUT2D eigenvalue weighted by Gasteiger charge is 2.20. The summed E-state index contributed by atoms with van der Waals surface area (Å²) in [7, 11) is -0.931. The normalized spacial score (nSPS) is 10.9. The number of methoxy groups -OCH3 is 2. The first-order valence-corrected chi connectivity index (χ1v) is 8.41. The van der Waals surface area contributed by atoms with E-state index in [1.54, 1.807) is 36.4 Å². The number of hydrogen-bond acceptors (Lipinski definition) is 5. The van der Waals surface area contributed by atoms with Gasteiger partial charge in [0.05, 0.1) is 25.5 Å². The molecule has 7 heteroatoms. The summed E-state index contributed by atoms with van der Waals surface area (Å²) < 4.78 is 36.4. The van der Waals surface area contributed by atoms with E-state index >= 15 is 0 Å². The van der Waals surface area contributed by atoms with Crippen LogP contribution in [0.15, 0.2) is 48.5 Å². The number of amides is 1. The zero-order chi connectivity index (χ0) is 16.9. The average Bonchev–Trinajstić information content (AvgIpc) is 2.54. The lowest BCUT2D eigenvalue weighted by molar-refractivity contribution is 0.0978. The highest BCUT2D eigenvalue weighted by atomic mass is 32.2. The molecule has 0 aliphatic rings. The van der Waals surface area contributed by atoms with Gasteiger partial charge < -0.3 is 9.47 Å². The summed E-state index contributed by atoms with van der Waals surface area (Å²) in [5, 5.41) is 0. The van der Waals surface area contributed by atoms with E-state index in [9.17, 15) is 13.2 Å². The molecule has 0 spiro atoms. The van der Waals surface area contributed by atoms with Crippen LogP contribution in [0.1, 0.15) is 15.9 Å². The van der Waals surface area contributed by atoms with Gasteiger partial charge in [0.2, 0.25) is 10.0 Å². The van der Waals surface area contributed by atoms with Gasteiger partial charge in [0.1, 0.15) is 11.5 Å². The Morgan fingerprint density at radius 2 is 1.74 bits per heavy atom. The molecule has 0 aliphatic heterocycles. The first-order chi connectivity index (χ1) is 10.9. The van der Waals surface area contributed by atoms with Gasteiger partial charge in [0.15, 0.2) is 0 Å². The van der Waals surface area contributed by atoms with E-state index in [1.165, 1.54) is 26.4 Å². The second-order valence-electron chi connectivity index (χ2n) is 4.74. The van der Waals surface area contributed by atoms with Gasteiger partial charge in [-0.15, -0.1) is 0 Å². The van der Waals surface area contributed by atoms with Crippen molar-refractivity contribution in [1.29, 1.82) is 0 Å². The molecule has 0 atom stereocenters. The van der Waals surface area contributed by atoms with Crippen molar-refractivity contribution in [2.24, 2.45) is 0 Å². The van der Waals surface area contributed by atoms with Gasteiger partial charge >= 0.3 is 0 Å². The molecule has 2 rings (SSSR count). The lowest BCUT2D eigenvalue weighted by Crippen LogP contribution is -2.31. The lowest BCUT2D eigenvalue weighted by Gasteiger charge is -2.11. The fourth-order valence-corrected chi connectivity index (χ4v) is 3.11. The highest BCUT2D eigenvalue weighted by Crippen LogP contribution is 2.24. The van der Waals surface area contributed by atoms with Crippen molar-refractivity contribution in [1.82, 2.24) is 4.72 Å². The third kappa shape index (κ3) is 4.46. The summed E-state index contributed by atoms with van der Waals surface area (Å²) in [4.78, 5) is 12.2. The van der Waals surface area contributed by atoms with Gasteiger partial charge in [-0.25, -0.2) is 13.1 Å². The zero-order valence-corrected chi connectivity index (χ0v) is 13.6. The van der Waals surface area contributed by atoms with E-state index in [0.29, 0.717) is 11.3 Å². The first-order valence-electron chi connectivity index (χ1n) is 6.76. The van der Waals surface area contributed by atoms with Gasteiger partial charge in [0, 0.05) is 6.07 Å². The lowest BCUT2D eigenvalue weighted by atomic mass is 10.2. The van der Waals surface area contributed by atoms with E-state index in [2.05, 4.69) is 0 Å². The minimum atomic E-state index is -3.81. The minimum Gasteiger partial charge on any atom is -0.497 e. The van der Waals surface area contributed by atoms with Crippen molar-refractivity contribution < 1.29 is 22.7 Å². The number of sulfonamides is 1. The molecule has 1 amide bonds. The molecule has 0 heterocycles. The van der Waals surface area contributed by atoms with Gasteiger partial charge in [-0.05, 0) is 17.7 Å². The fourth-order valence-electron chi connectivity index (χ4n) is 2.01. The number of carbonyl (C=O) groups is 1. The van der Waals surface area contributed by atoms with Crippen molar-refractivity contribution in [3.8, 4) is 11.5 Å². The third-order valence-electron chi connectivity index (χ3n) is 3.10. The summed E-state index contributed by atoms with van der Waals surface area (Å²) in [5.41, 5.74) is 0.708. The molecule has 2 aromatic rings. The Morgan fingerprint density at radius 3 is 2.35 bits per heavy atom. The number of benzene rings is 2. The van der Waals surface area contributed by atoms with Crippen LogP contribution in [-0.2, 0) is 15.8 Å². The zero-order valence-electron chi connectivity index (χ0n) is 12.8. The van der Waals surface area contributed by atoms with E-state index in [1.807, 2.05) is 4.72 Å². The summed E-state index contributed by atoms with van der Waals surface area (Å²) in [6, 6.07) is 13.1. The van der Waals surface area contributed by atoms with E-state index in [4.69, 9.17) is 9.47 Å². The van der Waals surface area contributed by atoms with Crippen molar-refractivity contribution >= 4 is 15.9 Å². The Balaban J connectivity index is 2.18. The fraction of sp³-hybridized carbons (Fsp3) is 0.188. The molecule has 0 bridgehead atoms. The Labute approximate surface area is 135 Å². The van der Waals surface area contributed by atoms with Crippen molar-refractivity contribution in [2.75, 3.05) is 14.2 Å². The van der Waals surface area contributed by atoms with Crippen LogP contribution in [0.3, 0.4) is 0 Å². The van der Waals surface area contributed by atoms with E-state index in [-0.39, 0.29) is 17.1 Å². The van der Waals surface area contributed by atoms with Gasteiger partial charge in [-0.2, -0.15) is 0 Å². The third-order valence-corrected chi connectivity index (χ3v) is 4.31. The highest BCUT2D eigenvalue weighted by molar-refractivity contribution is 7.89. The smallest absolute Gasteiger partial charge is 0.268 e. The maximum absolute atomic E-state index is 12.2. The van der Waals surface area contributed by atoms with E-state index < -0.39 is 15.9 Å². The van der Waals surface area contributed by atoms with Crippen LogP contribution < -0.4 is 14.2 Å². The molecule has 0 unspecified atom stereocenters. The van der Waals surface area contributed by atoms with Crippen LogP contribution in [0.5, 0.6) is 11.5 Å². The molecule has 0 aromatic heterocycles.